The number of aliphatic hydroxyl groups is 1. The topological polar surface area (TPSA) is 84.9 Å². The van der Waals surface area contributed by atoms with Gasteiger partial charge in [-0.2, -0.15) is 0 Å². The van der Waals surface area contributed by atoms with E-state index < -0.39 is 23.8 Å². The summed E-state index contributed by atoms with van der Waals surface area (Å²) in [7, 11) is 1.15. The Morgan fingerprint density at radius 3 is 2.33 bits per heavy atom. The maximum absolute atomic E-state index is 11.1. The standard InChI is InChI=1S/C9H17NO5/c1-9(2,3)15-8(13)10-5-6(11)7(12)14-4/h6,11H,5H2,1-4H3,(H,10,13)/t6-/m0/s1. The molecule has 0 rings (SSSR count). The molecule has 0 aromatic heterocycles. The predicted octanol–water partition coefficient (Wildman–Crippen LogP) is 0.0450. The number of ether oxygens (including phenoxy) is 2. The van der Waals surface area contributed by atoms with Gasteiger partial charge in [0.25, 0.3) is 0 Å². The molecule has 0 saturated heterocycles. The summed E-state index contributed by atoms with van der Waals surface area (Å²) < 4.78 is 9.15. The van der Waals surface area contributed by atoms with Gasteiger partial charge in [-0.25, -0.2) is 9.59 Å². The lowest BCUT2D eigenvalue weighted by molar-refractivity contribution is -0.149. The molecule has 0 aromatic carbocycles. The van der Waals surface area contributed by atoms with Crippen molar-refractivity contribution in [1.82, 2.24) is 5.32 Å². The van der Waals surface area contributed by atoms with Gasteiger partial charge in [0, 0.05) is 0 Å². The van der Waals surface area contributed by atoms with Gasteiger partial charge in [0.05, 0.1) is 13.7 Å². The van der Waals surface area contributed by atoms with Crippen LogP contribution in [-0.2, 0) is 14.3 Å². The Kier molecular flexibility index (Phi) is 5.07. The Balaban J connectivity index is 3.86. The average molecular weight is 219 g/mol. The second-order valence-corrected chi connectivity index (χ2v) is 3.92. The van der Waals surface area contributed by atoms with Gasteiger partial charge in [-0.3, -0.25) is 0 Å². The number of aliphatic hydroxyl groups excluding tert-OH is 1. The Morgan fingerprint density at radius 2 is 1.93 bits per heavy atom. The fraction of sp³-hybridized carbons (Fsp3) is 0.778. The first-order chi connectivity index (χ1) is 6.76. The monoisotopic (exact) mass is 219 g/mol. The normalized spacial score (nSPS) is 12.9. The molecule has 0 bridgehead atoms. The van der Waals surface area contributed by atoms with Crippen molar-refractivity contribution in [2.45, 2.75) is 32.5 Å². The van der Waals surface area contributed by atoms with E-state index in [0.717, 1.165) is 7.11 Å². The molecule has 1 atom stereocenters. The highest BCUT2D eigenvalue weighted by Crippen LogP contribution is 2.06. The van der Waals surface area contributed by atoms with Crippen LogP contribution in [0.2, 0.25) is 0 Å². The summed E-state index contributed by atoms with van der Waals surface area (Å²) in [6.45, 7) is 4.90. The molecule has 6 nitrogen and oxygen atoms in total. The van der Waals surface area contributed by atoms with Gasteiger partial charge >= 0.3 is 12.1 Å². The van der Waals surface area contributed by atoms with Crippen LogP contribution in [0.3, 0.4) is 0 Å². The lowest BCUT2D eigenvalue weighted by Crippen LogP contribution is -2.40. The summed E-state index contributed by atoms with van der Waals surface area (Å²) in [5.74, 6) is -0.800. The number of esters is 1. The molecule has 2 N–H and O–H groups in total. The molecule has 0 saturated carbocycles. The minimum absolute atomic E-state index is 0.235. The SMILES string of the molecule is COC(=O)[C@@H](O)CNC(=O)OC(C)(C)C. The zero-order chi connectivity index (χ0) is 12.1. The molecule has 0 unspecified atom stereocenters. The summed E-state index contributed by atoms with van der Waals surface area (Å²) >= 11 is 0. The fourth-order valence-electron chi connectivity index (χ4n) is 0.714. The molecule has 0 aliphatic heterocycles. The van der Waals surface area contributed by atoms with Crippen LogP contribution in [0, 0.1) is 0 Å². The molecule has 0 aliphatic carbocycles. The van der Waals surface area contributed by atoms with Crippen LogP contribution in [-0.4, -0.2) is 42.5 Å². The van der Waals surface area contributed by atoms with Crippen LogP contribution >= 0.6 is 0 Å². The van der Waals surface area contributed by atoms with Crippen molar-refractivity contribution >= 4 is 12.1 Å². The van der Waals surface area contributed by atoms with E-state index in [-0.39, 0.29) is 6.54 Å². The molecular formula is C9H17NO5. The third-order valence-electron chi connectivity index (χ3n) is 1.31. The number of amides is 1. The van der Waals surface area contributed by atoms with E-state index in [1.165, 1.54) is 0 Å². The van der Waals surface area contributed by atoms with E-state index in [1.54, 1.807) is 20.8 Å². The van der Waals surface area contributed by atoms with Gasteiger partial charge in [0.2, 0.25) is 0 Å². The molecule has 0 spiro atoms. The third kappa shape index (κ3) is 6.73. The Morgan fingerprint density at radius 1 is 1.40 bits per heavy atom. The summed E-state index contributed by atoms with van der Waals surface area (Å²) in [5.41, 5.74) is -0.611. The summed E-state index contributed by atoms with van der Waals surface area (Å²) in [6, 6.07) is 0. The molecule has 6 heteroatoms. The van der Waals surface area contributed by atoms with Crippen molar-refractivity contribution in [3.05, 3.63) is 0 Å². The predicted molar refractivity (Wildman–Crippen MR) is 52.3 cm³/mol. The second kappa shape index (κ2) is 5.55. The number of carbonyl (C=O) groups excluding carboxylic acids is 2. The highest BCUT2D eigenvalue weighted by Gasteiger charge is 2.19. The van der Waals surface area contributed by atoms with Crippen molar-refractivity contribution in [2.75, 3.05) is 13.7 Å². The molecule has 0 radical (unpaired) electrons. The van der Waals surface area contributed by atoms with Crippen molar-refractivity contribution in [1.29, 1.82) is 0 Å². The zero-order valence-electron chi connectivity index (χ0n) is 9.36. The van der Waals surface area contributed by atoms with E-state index in [9.17, 15) is 9.59 Å². The van der Waals surface area contributed by atoms with Crippen LogP contribution in [0.1, 0.15) is 20.8 Å². The van der Waals surface area contributed by atoms with Gasteiger partial charge in [-0.05, 0) is 20.8 Å². The highest BCUT2D eigenvalue weighted by molar-refractivity contribution is 5.75. The number of nitrogens with one attached hydrogen (secondary N) is 1. The van der Waals surface area contributed by atoms with Crippen molar-refractivity contribution in [2.24, 2.45) is 0 Å². The number of hydrogen-bond donors (Lipinski definition) is 2. The first-order valence-electron chi connectivity index (χ1n) is 4.49. The van der Waals surface area contributed by atoms with E-state index in [4.69, 9.17) is 9.84 Å². The van der Waals surface area contributed by atoms with Gasteiger partial charge in [0.15, 0.2) is 6.10 Å². The molecule has 0 aliphatic rings. The number of rotatable bonds is 3. The van der Waals surface area contributed by atoms with Crippen LogP contribution < -0.4 is 5.32 Å². The van der Waals surface area contributed by atoms with Crippen LogP contribution in [0.5, 0.6) is 0 Å². The Hall–Kier alpha value is -1.30. The molecular weight excluding hydrogens is 202 g/mol. The molecule has 0 heterocycles. The molecule has 0 fully saturated rings. The summed E-state index contributed by atoms with van der Waals surface area (Å²) in [6.07, 6.45) is -2.06. The minimum Gasteiger partial charge on any atom is -0.467 e. The molecule has 88 valence electrons. The maximum atomic E-state index is 11.1. The smallest absolute Gasteiger partial charge is 0.407 e. The number of carbonyl (C=O) groups is 2. The van der Waals surface area contributed by atoms with Crippen molar-refractivity contribution < 1.29 is 24.2 Å². The van der Waals surface area contributed by atoms with Gasteiger partial charge in [-0.1, -0.05) is 0 Å². The van der Waals surface area contributed by atoms with Gasteiger partial charge in [-0.15, -0.1) is 0 Å². The lowest BCUT2D eigenvalue weighted by Gasteiger charge is -2.20. The number of methoxy groups -OCH3 is 1. The van der Waals surface area contributed by atoms with Crippen molar-refractivity contribution in [3.63, 3.8) is 0 Å². The van der Waals surface area contributed by atoms with E-state index in [1.807, 2.05) is 0 Å². The molecule has 1 amide bonds. The Labute approximate surface area is 88.6 Å². The first-order valence-corrected chi connectivity index (χ1v) is 4.49. The zero-order valence-corrected chi connectivity index (χ0v) is 9.36. The quantitative estimate of drug-likeness (QED) is 0.655. The van der Waals surface area contributed by atoms with E-state index in [0.29, 0.717) is 0 Å². The molecule has 0 aromatic rings. The maximum Gasteiger partial charge on any atom is 0.407 e. The van der Waals surface area contributed by atoms with Crippen LogP contribution in [0.4, 0.5) is 4.79 Å². The van der Waals surface area contributed by atoms with Crippen molar-refractivity contribution in [3.8, 4) is 0 Å². The summed E-state index contributed by atoms with van der Waals surface area (Å²) in [5, 5.41) is 11.4. The van der Waals surface area contributed by atoms with Crippen LogP contribution in [0.15, 0.2) is 0 Å². The third-order valence-corrected chi connectivity index (χ3v) is 1.31. The first kappa shape index (κ1) is 13.7. The number of alkyl carbamates (subject to hydrolysis) is 1. The summed E-state index contributed by atoms with van der Waals surface area (Å²) in [4.78, 5) is 21.8. The highest BCUT2D eigenvalue weighted by atomic mass is 16.6. The lowest BCUT2D eigenvalue weighted by atomic mass is 10.2. The van der Waals surface area contributed by atoms with Gasteiger partial charge < -0.3 is 19.9 Å². The van der Waals surface area contributed by atoms with E-state index >= 15 is 0 Å². The van der Waals surface area contributed by atoms with Gasteiger partial charge in [0.1, 0.15) is 5.60 Å². The second-order valence-electron chi connectivity index (χ2n) is 3.92. The number of hydrogen-bond acceptors (Lipinski definition) is 5. The average Bonchev–Trinajstić information content (AvgIpc) is 2.10. The largest absolute Gasteiger partial charge is 0.467 e. The van der Waals surface area contributed by atoms with Crippen LogP contribution in [0.25, 0.3) is 0 Å². The fourth-order valence-corrected chi connectivity index (χ4v) is 0.714. The minimum atomic E-state index is -1.37. The van der Waals surface area contributed by atoms with E-state index in [2.05, 4.69) is 10.1 Å². The Bertz CT molecular complexity index is 233. The molecule has 15 heavy (non-hydrogen) atoms.